The van der Waals surface area contributed by atoms with Crippen LogP contribution in [-0.4, -0.2) is 16.1 Å². The third kappa shape index (κ3) is 2.69. The molecule has 94 valence electrons. The zero-order valence-corrected chi connectivity index (χ0v) is 10.9. The first kappa shape index (κ1) is 12.6. The van der Waals surface area contributed by atoms with Crippen molar-refractivity contribution in [2.45, 2.75) is 26.3 Å². The molecule has 0 fully saturated rings. The molecule has 0 atom stereocenters. The zero-order valence-electron chi connectivity index (χ0n) is 10.9. The van der Waals surface area contributed by atoms with E-state index in [0.717, 1.165) is 30.9 Å². The molecule has 18 heavy (non-hydrogen) atoms. The number of nitriles is 1. The van der Waals surface area contributed by atoms with Crippen LogP contribution in [0.5, 0.6) is 0 Å². The quantitative estimate of drug-likeness (QED) is 0.818. The number of rotatable bonds is 5. The van der Waals surface area contributed by atoms with Crippen LogP contribution in [0.4, 0.5) is 0 Å². The van der Waals surface area contributed by atoms with Gasteiger partial charge in [-0.2, -0.15) is 5.26 Å². The fourth-order valence-corrected chi connectivity index (χ4v) is 2.00. The third-order valence-corrected chi connectivity index (χ3v) is 3.14. The predicted molar refractivity (Wildman–Crippen MR) is 72.0 cm³/mol. The summed E-state index contributed by atoms with van der Waals surface area (Å²) >= 11 is 0. The molecule has 4 nitrogen and oxygen atoms in total. The number of fused-ring (bicyclic) bond motifs is 1. The van der Waals surface area contributed by atoms with Crippen molar-refractivity contribution in [2.24, 2.45) is 7.05 Å². The molecule has 1 N–H and O–H groups in total. The van der Waals surface area contributed by atoms with Gasteiger partial charge in [0.15, 0.2) is 0 Å². The molecule has 0 saturated carbocycles. The van der Waals surface area contributed by atoms with E-state index in [-0.39, 0.29) is 0 Å². The standard InChI is InChI=1S/C14H18N4/c1-11-17-13-9-12(5-6-14(13)18(11)2)10-16-8-4-3-7-15/h5-6,9,16H,3-4,8,10H2,1-2H3. The second-order valence-corrected chi connectivity index (χ2v) is 4.48. The van der Waals surface area contributed by atoms with Gasteiger partial charge < -0.3 is 9.88 Å². The average molecular weight is 242 g/mol. The molecule has 0 amide bonds. The average Bonchev–Trinajstić information content (AvgIpc) is 2.65. The first-order valence-electron chi connectivity index (χ1n) is 6.22. The molecule has 0 unspecified atom stereocenters. The van der Waals surface area contributed by atoms with Crippen molar-refractivity contribution in [1.82, 2.24) is 14.9 Å². The summed E-state index contributed by atoms with van der Waals surface area (Å²) in [5.74, 6) is 1.03. The van der Waals surface area contributed by atoms with Gasteiger partial charge in [0.1, 0.15) is 5.82 Å². The first-order chi connectivity index (χ1) is 8.72. The van der Waals surface area contributed by atoms with Gasteiger partial charge in [-0.3, -0.25) is 0 Å². The van der Waals surface area contributed by atoms with Crippen LogP contribution in [0.1, 0.15) is 24.2 Å². The van der Waals surface area contributed by atoms with Crippen LogP contribution in [0.25, 0.3) is 11.0 Å². The van der Waals surface area contributed by atoms with Gasteiger partial charge in [-0.25, -0.2) is 4.98 Å². The summed E-state index contributed by atoms with van der Waals surface area (Å²) in [6, 6.07) is 8.51. The SMILES string of the molecule is Cc1nc2cc(CNCCCC#N)ccc2n1C. The minimum absolute atomic E-state index is 0.617. The number of nitrogens with one attached hydrogen (secondary N) is 1. The summed E-state index contributed by atoms with van der Waals surface area (Å²) in [5.41, 5.74) is 3.45. The molecule has 1 heterocycles. The number of aromatic nitrogens is 2. The molecular weight excluding hydrogens is 224 g/mol. The molecule has 0 bridgehead atoms. The Hall–Kier alpha value is -1.86. The molecule has 0 saturated heterocycles. The Labute approximate surface area is 107 Å². The fraction of sp³-hybridized carbons (Fsp3) is 0.429. The fourth-order valence-electron chi connectivity index (χ4n) is 2.00. The Morgan fingerprint density at radius 1 is 1.44 bits per heavy atom. The highest BCUT2D eigenvalue weighted by Gasteiger charge is 2.04. The minimum Gasteiger partial charge on any atom is -0.331 e. The van der Waals surface area contributed by atoms with Gasteiger partial charge in [0.25, 0.3) is 0 Å². The molecule has 0 radical (unpaired) electrons. The van der Waals surface area contributed by atoms with Crippen LogP contribution < -0.4 is 5.32 Å². The van der Waals surface area contributed by atoms with Crippen LogP contribution in [0.3, 0.4) is 0 Å². The smallest absolute Gasteiger partial charge is 0.106 e. The maximum Gasteiger partial charge on any atom is 0.106 e. The highest BCUT2D eigenvalue weighted by molar-refractivity contribution is 5.76. The number of nitrogens with zero attached hydrogens (tertiary/aromatic N) is 3. The van der Waals surface area contributed by atoms with Crippen molar-refractivity contribution in [2.75, 3.05) is 6.54 Å². The maximum absolute atomic E-state index is 8.44. The lowest BCUT2D eigenvalue weighted by Gasteiger charge is -2.04. The van der Waals surface area contributed by atoms with E-state index in [1.54, 1.807) is 0 Å². The zero-order chi connectivity index (χ0) is 13.0. The van der Waals surface area contributed by atoms with Crippen molar-refractivity contribution >= 4 is 11.0 Å². The Bertz CT molecular complexity index is 577. The van der Waals surface area contributed by atoms with Crippen molar-refractivity contribution in [3.63, 3.8) is 0 Å². The molecule has 1 aromatic heterocycles. The molecule has 0 aliphatic carbocycles. The van der Waals surface area contributed by atoms with Gasteiger partial charge in [-0.05, 0) is 37.6 Å². The number of unbranched alkanes of at least 4 members (excludes halogenated alkanes) is 1. The summed E-state index contributed by atoms with van der Waals surface area (Å²) in [6.07, 6.45) is 1.52. The number of imidazole rings is 1. The van der Waals surface area contributed by atoms with E-state index in [1.807, 2.05) is 14.0 Å². The third-order valence-electron chi connectivity index (χ3n) is 3.14. The summed E-state index contributed by atoms with van der Waals surface area (Å²) in [4.78, 5) is 4.52. The minimum atomic E-state index is 0.617. The van der Waals surface area contributed by atoms with Crippen molar-refractivity contribution < 1.29 is 0 Å². The summed E-state index contributed by atoms with van der Waals surface area (Å²) in [6.45, 7) is 3.73. The predicted octanol–water partition coefficient (Wildman–Crippen LogP) is 2.28. The van der Waals surface area contributed by atoms with Gasteiger partial charge in [0.2, 0.25) is 0 Å². The monoisotopic (exact) mass is 242 g/mol. The van der Waals surface area contributed by atoms with Gasteiger partial charge in [-0.15, -0.1) is 0 Å². The number of hydrogen-bond acceptors (Lipinski definition) is 3. The normalized spacial score (nSPS) is 10.7. The molecule has 0 aliphatic rings. The van der Waals surface area contributed by atoms with E-state index in [0.29, 0.717) is 6.42 Å². The van der Waals surface area contributed by atoms with Gasteiger partial charge in [0.05, 0.1) is 17.1 Å². The van der Waals surface area contributed by atoms with E-state index < -0.39 is 0 Å². The lowest BCUT2D eigenvalue weighted by atomic mass is 10.2. The van der Waals surface area contributed by atoms with E-state index in [4.69, 9.17) is 5.26 Å². The van der Waals surface area contributed by atoms with Gasteiger partial charge >= 0.3 is 0 Å². The largest absolute Gasteiger partial charge is 0.331 e. The molecule has 2 aromatic rings. The molecule has 1 aromatic carbocycles. The van der Waals surface area contributed by atoms with Crippen molar-refractivity contribution in [3.05, 3.63) is 29.6 Å². The Morgan fingerprint density at radius 3 is 3.06 bits per heavy atom. The van der Waals surface area contributed by atoms with Crippen LogP contribution in [0.2, 0.25) is 0 Å². The molecule has 0 aliphatic heterocycles. The first-order valence-corrected chi connectivity index (χ1v) is 6.22. The molecule has 0 spiro atoms. The van der Waals surface area contributed by atoms with Crippen LogP contribution >= 0.6 is 0 Å². The van der Waals surface area contributed by atoms with E-state index in [9.17, 15) is 0 Å². The van der Waals surface area contributed by atoms with Gasteiger partial charge in [-0.1, -0.05) is 6.07 Å². The highest BCUT2D eigenvalue weighted by Crippen LogP contribution is 2.16. The topological polar surface area (TPSA) is 53.6 Å². The van der Waals surface area contributed by atoms with E-state index >= 15 is 0 Å². The Kier molecular flexibility index (Phi) is 3.96. The Morgan fingerprint density at radius 2 is 2.28 bits per heavy atom. The Balaban J connectivity index is 2.00. The van der Waals surface area contributed by atoms with Crippen molar-refractivity contribution in [3.8, 4) is 6.07 Å². The van der Waals surface area contributed by atoms with Gasteiger partial charge in [0, 0.05) is 20.0 Å². The second-order valence-electron chi connectivity index (χ2n) is 4.48. The van der Waals surface area contributed by atoms with Crippen LogP contribution in [-0.2, 0) is 13.6 Å². The van der Waals surface area contributed by atoms with Crippen molar-refractivity contribution in [1.29, 1.82) is 5.26 Å². The second kappa shape index (κ2) is 5.65. The van der Waals surface area contributed by atoms with E-state index in [1.165, 1.54) is 11.1 Å². The summed E-state index contributed by atoms with van der Waals surface area (Å²) < 4.78 is 2.10. The summed E-state index contributed by atoms with van der Waals surface area (Å²) in [5, 5.41) is 11.8. The molecule has 4 heteroatoms. The molecule has 2 rings (SSSR count). The lowest BCUT2D eigenvalue weighted by molar-refractivity contribution is 0.658. The molecular formula is C14H18N4. The number of hydrogen-bond donors (Lipinski definition) is 1. The van der Waals surface area contributed by atoms with E-state index in [2.05, 4.69) is 39.1 Å². The van der Waals surface area contributed by atoms with Crippen LogP contribution in [0.15, 0.2) is 18.2 Å². The summed E-state index contributed by atoms with van der Waals surface area (Å²) in [7, 11) is 2.03. The lowest BCUT2D eigenvalue weighted by Crippen LogP contribution is -2.14. The highest BCUT2D eigenvalue weighted by atomic mass is 15.0. The van der Waals surface area contributed by atoms with Crippen LogP contribution in [0, 0.1) is 18.3 Å². The number of benzene rings is 1. The number of aryl methyl sites for hydroxylation is 2. The maximum atomic E-state index is 8.44.